The van der Waals surface area contributed by atoms with Crippen molar-refractivity contribution in [1.82, 2.24) is 0 Å². The van der Waals surface area contributed by atoms with Crippen LogP contribution in [0.4, 0.5) is 37.7 Å². The minimum atomic E-state index is -5.06. The van der Waals surface area contributed by atoms with Crippen molar-refractivity contribution in [3.8, 4) is 0 Å². The van der Waals surface area contributed by atoms with Gasteiger partial charge in [-0.15, -0.1) is 0 Å². The van der Waals surface area contributed by atoms with E-state index in [2.05, 4.69) is 5.32 Å². The van der Waals surface area contributed by atoms with Gasteiger partial charge in [-0.3, -0.25) is 9.59 Å². The summed E-state index contributed by atoms with van der Waals surface area (Å²) in [7, 11) is 0. The lowest BCUT2D eigenvalue weighted by Gasteiger charge is -2.26. The Morgan fingerprint density at radius 2 is 1.59 bits per heavy atom. The number of ether oxygens (including phenoxy) is 1. The van der Waals surface area contributed by atoms with Gasteiger partial charge in [-0.1, -0.05) is 18.2 Å². The molecule has 2 heterocycles. The minimum Gasteiger partial charge on any atom is -0.367 e. The Morgan fingerprint density at radius 3 is 2.12 bits per heavy atom. The van der Waals surface area contributed by atoms with E-state index in [-0.39, 0.29) is 25.6 Å². The molecule has 0 radical (unpaired) electrons. The van der Waals surface area contributed by atoms with Crippen molar-refractivity contribution >= 4 is 23.2 Å². The van der Waals surface area contributed by atoms with Crippen LogP contribution in [-0.2, 0) is 26.7 Å². The minimum absolute atomic E-state index is 0.0167. The zero-order valence-corrected chi connectivity index (χ0v) is 18.1. The Balaban J connectivity index is 1.70. The van der Waals surface area contributed by atoms with Crippen molar-refractivity contribution in [2.24, 2.45) is 5.41 Å². The molecule has 2 aliphatic rings. The Bertz CT molecular complexity index is 1110. The van der Waals surface area contributed by atoms with Crippen LogP contribution in [0.15, 0.2) is 36.4 Å². The lowest BCUT2D eigenvalue weighted by atomic mass is 9.82. The first-order valence-corrected chi connectivity index (χ1v) is 10.3. The lowest BCUT2D eigenvalue weighted by Crippen LogP contribution is -2.43. The number of rotatable bonds is 3. The van der Waals surface area contributed by atoms with Gasteiger partial charge in [0.2, 0.25) is 5.91 Å². The van der Waals surface area contributed by atoms with Crippen LogP contribution in [-0.4, -0.2) is 31.1 Å². The maximum Gasteiger partial charge on any atom is 0.416 e. The molecule has 0 bridgehead atoms. The van der Waals surface area contributed by atoms with E-state index in [1.807, 2.05) is 0 Å². The first-order valence-electron chi connectivity index (χ1n) is 10.3. The molecule has 1 N–H and O–H groups in total. The molecule has 2 fully saturated rings. The Morgan fingerprint density at radius 1 is 1.03 bits per heavy atom. The fraction of sp³-hybridized carbons (Fsp3) is 0.391. The molecule has 2 amide bonds. The van der Waals surface area contributed by atoms with E-state index in [1.54, 1.807) is 32.0 Å². The quantitative estimate of drug-likeness (QED) is 0.615. The molecule has 0 aromatic heterocycles. The topological polar surface area (TPSA) is 58.6 Å². The van der Waals surface area contributed by atoms with Crippen LogP contribution < -0.4 is 10.2 Å². The lowest BCUT2D eigenvalue weighted by molar-refractivity contribution is -0.143. The van der Waals surface area contributed by atoms with Crippen molar-refractivity contribution in [2.45, 2.75) is 38.7 Å². The second kappa shape index (κ2) is 8.00. The highest BCUT2D eigenvalue weighted by Crippen LogP contribution is 2.46. The molecule has 2 aromatic rings. The first-order chi connectivity index (χ1) is 15.7. The first kappa shape index (κ1) is 24.1. The van der Waals surface area contributed by atoms with Gasteiger partial charge in [-0.05, 0) is 49.6 Å². The van der Waals surface area contributed by atoms with Gasteiger partial charge in [-0.25, -0.2) is 0 Å². The third-order valence-corrected chi connectivity index (χ3v) is 6.27. The monoisotopic (exact) mass is 486 g/mol. The molecule has 2 aromatic carbocycles. The molecule has 182 valence electrons. The molecule has 2 aliphatic heterocycles. The molecule has 0 saturated carbocycles. The molecule has 11 heteroatoms. The van der Waals surface area contributed by atoms with Crippen LogP contribution in [0.3, 0.4) is 0 Å². The molecule has 2 saturated heterocycles. The normalized spacial score (nSPS) is 22.8. The van der Waals surface area contributed by atoms with Crippen LogP contribution in [0.25, 0.3) is 0 Å². The summed E-state index contributed by atoms with van der Waals surface area (Å²) in [6, 6.07) is 6.25. The number of benzene rings is 2. The molecule has 2 unspecified atom stereocenters. The van der Waals surface area contributed by atoms with Gasteiger partial charge >= 0.3 is 12.4 Å². The van der Waals surface area contributed by atoms with E-state index >= 15 is 0 Å². The Kier molecular flexibility index (Phi) is 5.66. The van der Waals surface area contributed by atoms with Gasteiger partial charge in [-0.2, -0.15) is 26.3 Å². The summed E-state index contributed by atoms with van der Waals surface area (Å²) in [6.07, 6.45) is -11.2. The van der Waals surface area contributed by atoms with E-state index in [0.29, 0.717) is 17.8 Å². The highest BCUT2D eigenvalue weighted by molar-refractivity contribution is 6.09. The maximum absolute atomic E-state index is 13.3. The number of nitrogens with zero attached hydrogens (tertiary/aromatic N) is 1. The molecular weight excluding hydrogens is 466 g/mol. The zero-order chi connectivity index (χ0) is 25.1. The number of nitrogens with one attached hydrogen (secondary N) is 1. The summed E-state index contributed by atoms with van der Waals surface area (Å²) in [5, 5.41) is 2.20. The number of alkyl halides is 6. The SMILES string of the molecule is Cc1cccc(C)c1N1CC2(C(=O)Nc3cc(C(F)(F)F)cc(C(F)(F)F)c3)CCOC2C1=O. The van der Waals surface area contributed by atoms with E-state index in [0.717, 1.165) is 11.1 Å². The molecular formula is C23H20F6N2O3. The second-order valence-electron chi connectivity index (χ2n) is 8.57. The van der Waals surface area contributed by atoms with Crippen molar-refractivity contribution in [3.63, 3.8) is 0 Å². The van der Waals surface area contributed by atoms with Crippen molar-refractivity contribution < 1.29 is 40.7 Å². The smallest absolute Gasteiger partial charge is 0.367 e. The van der Waals surface area contributed by atoms with Gasteiger partial charge < -0.3 is 15.0 Å². The Hall–Kier alpha value is -3.08. The Labute approximate surface area is 190 Å². The molecule has 0 spiro atoms. The van der Waals surface area contributed by atoms with E-state index in [4.69, 9.17) is 4.74 Å². The summed E-state index contributed by atoms with van der Waals surface area (Å²) in [5.74, 6) is -1.35. The van der Waals surface area contributed by atoms with E-state index in [1.165, 1.54) is 4.90 Å². The largest absolute Gasteiger partial charge is 0.416 e. The van der Waals surface area contributed by atoms with Crippen molar-refractivity contribution in [3.05, 3.63) is 58.7 Å². The molecule has 5 nitrogen and oxygen atoms in total. The second-order valence-corrected chi connectivity index (χ2v) is 8.57. The van der Waals surface area contributed by atoms with Crippen LogP contribution in [0, 0.1) is 19.3 Å². The molecule has 34 heavy (non-hydrogen) atoms. The van der Waals surface area contributed by atoms with Crippen LogP contribution in [0.1, 0.15) is 28.7 Å². The number of para-hydroxylation sites is 1. The standard InChI is InChI=1S/C23H20F6N2O3/c1-12-4-3-5-13(2)17(12)31-11-21(6-7-34-18(21)19(31)32)20(33)30-16-9-14(22(24,25)26)8-15(10-16)23(27,28)29/h3-5,8-10,18H,6-7,11H2,1-2H3,(H,30,33). The summed E-state index contributed by atoms with van der Waals surface area (Å²) < 4.78 is 84.7. The summed E-state index contributed by atoms with van der Waals surface area (Å²) in [4.78, 5) is 27.9. The zero-order valence-electron chi connectivity index (χ0n) is 18.1. The number of carbonyl (C=O) groups is 2. The number of hydrogen-bond donors (Lipinski definition) is 1. The average molecular weight is 486 g/mol. The number of carbonyl (C=O) groups excluding carboxylic acids is 2. The summed E-state index contributed by atoms with van der Waals surface area (Å²) >= 11 is 0. The maximum atomic E-state index is 13.3. The van der Waals surface area contributed by atoms with Gasteiger partial charge in [0.15, 0.2) is 6.10 Å². The van der Waals surface area contributed by atoms with E-state index in [9.17, 15) is 35.9 Å². The van der Waals surface area contributed by atoms with Crippen LogP contribution >= 0.6 is 0 Å². The number of anilines is 2. The van der Waals surface area contributed by atoms with Crippen LogP contribution in [0.2, 0.25) is 0 Å². The molecule has 4 rings (SSSR count). The highest BCUT2D eigenvalue weighted by atomic mass is 19.4. The predicted octanol–water partition coefficient (Wildman–Crippen LogP) is 5.10. The molecule has 2 atom stereocenters. The summed E-state index contributed by atoms with van der Waals surface area (Å²) in [6.45, 7) is 3.52. The van der Waals surface area contributed by atoms with Gasteiger partial charge in [0, 0.05) is 24.5 Å². The van der Waals surface area contributed by atoms with Gasteiger partial charge in [0.05, 0.1) is 11.1 Å². The summed E-state index contributed by atoms with van der Waals surface area (Å²) in [5.41, 5.74) is -3.07. The van der Waals surface area contributed by atoms with Crippen LogP contribution in [0.5, 0.6) is 0 Å². The number of halogens is 6. The number of fused-ring (bicyclic) bond motifs is 1. The fourth-order valence-electron chi connectivity index (χ4n) is 4.63. The third kappa shape index (κ3) is 4.02. The number of amides is 2. The highest BCUT2D eigenvalue weighted by Gasteiger charge is 2.61. The van der Waals surface area contributed by atoms with Gasteiger partial charge in [0.1, 0.15) is 5.41 Å². The number of aryl methyl sites for hydroxylation is 2. The average Bonchev–Trinajstić information content (AvgIpc) is 3.26. The van der Waals surface area contributed by atoms with E-state index < -0.39 is 52.5 Å². The molecule has 0 aliphatic carbocycles. The number of hydrogen-bond acceptors (Lipinski definition) is 3. The van der Waals surface area contributed by atoms with Crippen molar-refractivity contribution in [2.75, 3.05) is 23.4 Å². The van der Waals surface area contributed by atoms with Gasteiger partial charge in [0.25, 0.3) is 5.91 Å². The third-order valence-electron chi connectivity index (χ3n) is 6.27. The van der Waals surface area contributed by atoms with Crippen molar-refractivity contribution in [1.29, 1.82) is 0 Å². The predicted molar refractivity (Wildman–Crippen MR) is 110 cm³/mol. The fourth-order valence-corrected chi connectivity index (χ4v) is 4.63.